The molecule has 0 atom stereocenters. The fourth-order valence-electron chi connectivity index (χ4n) is 3.03. The first-order valence-electron chi connectivity index (χ1n) is 9.45. The molecule has 2 aromatic carbocycles. The highest BCUT2D eigenvalue weighted by Gasteiger charge is 2.14. The van der Waals surface area contributed by atoms with E-state index < -0.39 is 0 Å². The van der Waals surface area contributed by atoms with Crippen molar-refractivity contribution >= 4 is 51.6 Å². The molecule has 0 fully saturated rings. The van der Waals surface area contributed by atoms with Crippen LogP contribution in [0.1, 0.15) is 16.3 Å². The SMILES string of the molecule is CN(C)C(=O)Cc1nc(CSc2nc3cc(Cl)ccc3n2Cc2ccccc2)cs1. The van der Waals surface area contributed by atoms with E-state index in [0.29, 0.717) is 17.2 Å². The molecule has 154 valence electrons. The zero-order chi connectivity index (χ0) is 21.1. The van der Waals surface area contributed by atoms with Crippen molar-refractivity contribution in [3.05, 3.63) is 75.2 Å². The molecule has 0 radical (unpaired) electrons. The van der Waals surface area contributed by atoms with Gasteiger partial charge in [0.1, 0.15) is 5.01 Å². The Bertz CT molecular complexity index is 1170. The van der Waals surface area contributed by atoms with Gasteiger partial charge in [-0.05, 0) is 23.8 Å². The first kappa shape index (κ1) is 20.9. The van der Waals surface area contributed by atoms with Gasteiger partial charge in [0.2, 0.25) is 5.91 Å². The third kappa shape index (κ3) is 4.86. The summed E-state index contributed by atoms with van der Waals surface area (Å²) in [6.45, 7) is 0.737. The number of carbonyl (C=O) groups is 1. The summed E-state index contributed by atoms with van der Waals surface area (Å²) in [6.07, 6.45) is 0.341. The van der Waals surface area contributed by atoms with Crippen LogP contribution in [-0.4, -0.2) is 39.4 Å². The number of thioether (sulfide) groups is 1. The van der Waals surface area contributed by atoms with Gasteiger partial charge in [-0.15, -0.1) is 11.3 Å². The summed E-state index contributed by atoms with van der Waals surface area (Å²) in [5.74, 6) is 0.753. The third-order valence-electron chi connectivity index (χ3n) is 4.61. The number of hydrogen-bond acceptors (Lipinski definition) is 5. The topological polar surface area (TPSA) is 51.0 Å². The number of amides is 1. The van der Waals surface area contributed by atoms with Gasteiger partial charge < -0.3 is 9.47 Å². The van der Waals surface area contributed by atoms with Gasteiger partial charge in [-0.3, -0.25) is 4.79 Å². The van der Waals surface area contributed by atoms with Crippen LogP contribution < -0.4 is 0 Å². The molecule has 2 heterocycles. The molecule has 0 saturated carbocycles. The van der Waals surface area contributed by atoms with Crippen LogP contribution in [0, 0.1) is 0 Å². The zero-order valence-electron chi connectivity index (χ0n) is 16.7. The highest BCUT2D eigenvalue weighted by molar-refractivity contribution is 7.98. The fourth-order valence-corrected chi connectivity index (χ4v) is 5.00. The normalized spacial score (nSPS) is 11.2. The Morgan fingerprint density at radius 2 is 1.97 bits per heavy atom. The third-order valence-corrected chi connectivity index (χ3v) is 6.75. The number of hydrogen-bond donors (Lipinski definition) is 0. The van der Waals surface area contributed by atoms with Crippen molar-refractivity contribution in [1.82, 2.24) is 19.4 Å². The van der Waals surface area contributed by atoms with Gasteiger partial charge in [0, 0.05) is 30.3 Å². The summed E-state index contributed by atoms with van der Waals surface area (Å²) in [5, 5.41) is 4.47. The molecule has 8 heteroatoms. The van der Waals surface area contributed by atoms with E-state index in [9.17, 15) is 4.79 Å². The minimum Gasteiger partial charge on any atom is -0.348 e. The Hall–Kier alpha value is -2.35. The summed E-state index contributed by atoms with van der Waals surface area (Å²) in [7, 11) is 3.52. The van der Waals surface area contributed by atoms with Gasteiger partial charge in [0.25, 0.3) is 0 Å². The maximum atomic E-state index is 11.9. The number of halogens is 1. The zero-order valence-corrected chi connectivity index (χ0v) is 19.1. The number of benzene rings is 2. The molecule has 1 amide bonds. The molecule has 0 aliphatic rings. The number of nitrogens with zero attached hydrogens (tertiary/aromatic N) is 4. The molecule has 0 aliphatic heterocycles. The second-order valence-electron chi connectivity index (χ2n) is 7.09. The minimum atomic E-state index is 0.0603. The number of aromatic nitrogens is 3. The Balaban J connectivity index is 1.56. The number of carbonyl (C=O) groups excluding carboxylic acids is 1. The molecule has 0 unspecified atom stereocenters. The first-order chi connectivity index (χ1) is 14.5. The summed E-state index contributed by atoms with van der Waals surface area (Å²) in [5.41, 5.74) is 4.12. The largest absolute Gasteiger partial charge is 0.348 e. The van der Waals surface area contributed by atoms with Gasteiger partial charge in [0.05, 0.1) is 29.7 Å². The van der Waals surface area contributed by atoms with E-state index in [4.69, 9.17) is 16.6 Å². The van der Waals surface area contributed by atoms with E-state index >= 15 is 0 Å². The van der Waals surface area contributed by atoms with Gasteiger partial charge in [-0.2, -0.15) is 0 Å². The van der Waals surface area contributed by atoms with Crippen molar-refractivity contribution in [2.24, 2.45) is 0 Å². The van der Waals surface area contributed by atoms with Gasteiger partial charge in [-0.1, -0.05) is 53.7 Å². The lowest BCUT2D eigenvalue weighted by molar-refractivity contribution is -0.127. The molecule has 0 aliphatic carbocycles. The summed E-state index contributed by atoms with van der Waals surface area (Å²) >= 11 is 9.36. The predicted molar refractivity (Wildman–Crippen MR) is 124 cm³/mol. The maximum absolute atomic E-state index is 11.9. The molecule has 5 nitrogen and oxygen atoms in total. The van der Waals surface area contributed by atoms with Crippen molar-refractivity contribution in [1.29, 1.82) is 0 Å². The van der Waals surface area contributed by atoms with Crippen LogP contribution >= 0.6 is 34.7 Å². The number of rotatable bonds is 7. The van der Waals surface area contributed by atoms with Crippen LogP contribution in [-0.2, 0) is 23.5 Å². The van der Waals surface area contributed by atoms with Gasteiger partial charge >= 0.3 is 0 Å². The number of thiazole rings is 1. The molecule has 30 heavy (non-hydrogen) atoms. The van der Waals surface area contributed by atoms with Crippen molar-refractivity contribution in [2.45, 2.75) is 23.9 Å². The number of likely N-dealkylation sites (N-methyl/N-ethyl adjacent to an activating group) is 1. The Morgan fingerprint density at radius 3 is 2.73 bits per heavy atom. The summed E-state index contributed by atoms with van der Waals surface area (Å²) < 4.78 is 2.22. The van der Waals surface area contributed by atoms with Gasteiger partial charge in [0.15, 0.2) is 5.16 Å². The second-order valence-corrected chi connectivity index (χ2v) is 9.41. The Kier molecular flexibility index (Phi) is 6.41. The van der Waals surface area contributed by atoms with E-state index in [1.807, 2.05) is 41.8 Å². The van der Waals surface area contributed by atoms with Crippen LogP contribution in [0.15, 0.2) is 59.1 Å². The van der Waals surface area contributed by atoms with Crippen LogP contribution in [0.25, 0.3) is 11.0 Å². The average molecular weight is 457 g/mol. The molecule has 4 rings (SSSR count). The molecule has 0 saturated heterocycles. The second kappa shape index (κ2) is 9.20. The molecule has 2 aromatic heterocycles. The Labute approximate surface area is 188 Å². The molecular formula is C22H21ClN4OS2. The number of imidazole rings is 1. The smallest absolute Gasteiger partial charge is 0.228 e. The van der Waals surface area contributed by atoms with Crippen LogP contribution in [0.5, 0.6) is 0 Å². The van der Waals surface area contributed by atoms with E-state index in [-0.39, 0.29) is 5.91 Å². The van der Waals surface area contributed by atoms with E-state index in [2.05, 4.69) is 21.7 Å². The highest BCUT2D eigenvalue weighted by Crippen LogP contribution is 2.29. The lowest BCUT2D eigenvalue weighted by Crippen LogP contribution is -2.23. The van der Waals surface area contributed by atoms with Crippen molar-refractivity contribution < 1.29 is 4.79 Å². The average Bonchev–Trinajstić information content (AvgIpc) is 3.31. The molecule has 4 aromatic rings. The number of fused-ring (bicyclic) bond motifs is 1. The van der Waals surface area contributed by atoms with E-state index in [1.54, 1.807) is 30.8 Å². The standard InChI is InChI=1S/C22H21ClN4OS2/c1-26(2)21(28)11-20-24-17(13-29-20)14-30-22-25-18-10-16(23)8-9-19(18)27(22)12-15-6-4-3-5-7-15/h3-10,13H,11-12,14H2,1-2H3. The monoisotopic (exact) mass is 456 g/mol. The van der Waals surface area contributed by atoms with Crippen LogP contribution in [0.4, 0.5) is 0 Å². The fraction of sp³-hybridized carbons (Fsp3) is 0.227. The molecule has 0 spiro atoms. The quantitative estimate of drug-likeness (QED) is 0.362. The summed E-state index contributed by atoms with van der Waals surface area (Å²) in [6, 6.07) is 16.2. The van der Waals surface area contributed by atoms with E-state index in [1.165, 1.54) is 16.9 Å². The maximum Gasteiger partial charge on any atom is 0.228 e. The molecule has 0 N–H and O–H groups in total. The van der Waals surface area contributed by atoms with Gasteiger partial charge in [-0.25, -0.2) is 9.97 Å². The lowest BCUT2D eigenvalue weighted by atomic mass is 10.2. The minimum absolute atomic E-state index is 0.0603. The van der Waals surface area contributed by atoms with Crippen LogP contribution in [0.2, 0.25) is 5.02 Å². The molecule has 0 bridgehead atoms. The van der Waals surface area contributed by atoms with Crippen molar-refractivity contribution in [2.75, 3.05) is 14.1 Å². The highest BCUT2D eigenvalue weighted by atomic mass is 35.5. The summed E-state index contributed by atoms with van der Waals surface area (Å²) in [4.78, 5) is 22.9. The Morgan fingerprint density at radius 1 is 1.17 bits per heavy atom. The van der Waals surface area contributed by atoms with Crippen molar-refractivity contribution in [3.8, 4) is 0 Å². The molecular weight excluding hydrogens is 436 g/mol. The van der Waals surface area contributed by atoms with E-state index in [0.717, 1.165) is 33.4 Å². The van der Waals surface area contributed by atoms with Crippen LogP contribution in [0.3, 0.4) is 0 Å². The lowest BCUT2D eigenvalue weighted by Gasteiger charge is -2.09. The van der Waals surface area contributed by atoms with Crippen molar-refractivity contribution in [3.63, 3.8) is 0 Å². The predicted octanol–water partition coefficient (Wildman–Crippen LogP) is 5.12. The first-order valence-corrected chi connectivity index (χ1v) is 11.7.